The van der Waals surface area contributed by atoms with Crippen molar-refractivity contribution in [3.8, 4) is 0 Å². The van der Waals surface area contributed by atoms with Crippen molar-refractivity contribution < 1.29 is 5.11 Å². The summed E-state index contributed by atoms with van der Waals surface area (Å²) in [6.45, 7) is 5.33. The number of aliphatic hydroxyl groups excluding tert-OH is 1. The van der Waals surface area contributed by atoms with Crippen LogP contribution < -0.4 is 16.6 Å². The van der Waals surface area contributed by atoms with Gasteiger partial charge in [0.15, 0.2) is 5.16 Å². The summed E-state index contributed by atoms with van der Waals surface area (Å²) in [4.78, 5) is 8.59. The van der Waals surface area contributed by atoms with E-state index in [4.69, 9.17) is 10.9 Å². The van der Waals surface area contributed by atoms with E-state index in [0.717, 1.165) is 25.2 Å². The third kappa shape index (κ3) is 5.63. The van der Waals surface area contributed by atoms with E-state index in [9.17, 15) is 0 Å². The van der Waals surface area contributed by atoms with Crippen molar-refractivity contribution in [3.05, 3.63) is 6.07 Å². The molecule has 0 fully saturated rings. The second-order valence-electron chi connectivity index (χ2n) is 5.11. The molecule has 1 aromatic rings. The van der Waals surface area contributed by atoms with Gasteiger partial charge in [0.25, 0.3) is 0 Å². The zero-order valence-corrected chi connectivity index (χ0v) is 12.5. The van der Waals surface area contributed by atoms with E-state index >= 15 is 0 Å². The van der Waals surface area contributed by atoms with Crippen LogP contribution >= 0.6 is 11.8 Å². The van der Waals surface area contributed by atoms with Crippen molar-refractivity contribution in [3.63, 3.8) is 0 Å². The molecule has 6 nitrogen and oxygen atoms in total. The lowest BCUT2D eigenvalue weighted by Crippen LogP contribution is -2.24. The van der Waals surface area contributed by atoms with Gasteiger partial charge in [0.1, 0.15) is 11.6 Å². The molecule has 0 amide bonds. The summed E-state index contributed by atoms with van der Waals surface area (Å²) >= 11 is 1.47. The van der Waals surface area contributed by atoms with Crippen LogP contribution in [0, 0.1) is 5.41 Å². The fourth-order valence-electron chi connectivity index (χ4n) is 1.66. The quantitative estimate of drug-likeness (QED) is 0.250. The average molecular weight is 285 g/mol. The van der Waals surface area contributed by atoms with E-state index in [1.165, 1.54) is 11.8 Å². The van der Waals surface area contributed by atoms with Crippen molar-refractivity contribution >= 4 is 23.4 Å². The standard InChI is InChI=1S/C12H23N5OS/c1-12(2,5-4-6-18)8-14-9-7-10(17-13)16-11(15-9)19-3/h7,18H,4-6,8,13H2,1-3H3,(H2,14,15,16,17). The van der Waals surface area contributed by atoms with E-state index in [1.54, 1.807) is 6.07 Å². The summed E-state index contributed by atoms with van der Waals surface area (Å²) in [6, 6.07) is 1.78. The number of nitrogens with one attached hydrogen (secondary N) is 2. The number of hydrazine groups is 1. The molecule has 0 aliphatic carbocycles. The number of nitrogens with two attached hydrogens (primary N) is 1. The molecule has 0 aliphatic heterocycles. The van der Waals surface area contributed by atoms with E-state index in [1.807, 2.05) is 6.26 Å². The highest BCUT2D eigenvalue weighted by molar-refractivity contribution is 7.98. The summed E-state index contributed by atoms with van der Waals surface area (Å²) in [6.07, 6.45) is 3.69. The van der Waals surface area contributed by atoms with Gasteiger partial charge < -0.3 is 15.8 Å². The molecule has 0 aromatic carbocycles. The Bertz CT molecular complexity index is 377. The van der Waals surface area contributed by atoms with Gasteiger partial charge in [0.2, 0.25) is 0 Å². The van der Waals surface area contributed by atoms with Gasteiger partial charge >= 0.3 is 0 Å². The molecule has 1 heterocycles. The van der Waals surface area contributed by atoms with Crippen LogP contribution in [0.5, 0.6) is 0 Å². The smallest absolute Gasteiger partial charge is 0.191 e. The van der Waals surface area contributed by atoms with Gasteiger partial charge in [0.05, 0.1) is 0 Å². The first-order valence-corrected chi connectivity index (χ1v) is 7.47. The molecular weight excluding hydrogens is 262 g/mol. The van der Waals surface area contributed by atoms with Crippen LogP contribution in [0.25, 0.3) is 0 Å². The predicted molar refractivity (Wildman–Crippen MR) is 80.2 cm³/mol. The Balaban J connectivity index is 2.66. The second kappa shape index (κ2) is 7.52. The minimum Gasteiger partial charge on any atom is -0.396 e. The van der Waals surface area contributed by atoms with Crippen LogP contribution in [0.2, 0.25) is 0 Å². The normalized spacial score (nSPS) is 11.4. The zero-order chi connectivity index (χ0) is 14.3. The molecule has 0 bridgehead atoms. The molecule has 0 unspecified atom stereocenters. The van der Waals surface area contributed by atoms with E-state index in [2.05, 4.69) is 34.6 Å². The predicted octanol–water partition coefficient (Wildman–Crippen LogP) is 1.69. The summed E-state index contributed by atoms with van der Waals surface area (Å²) in [5.74, 6) is 6.73. The molecule has 0 saturated carbocycles. The Morgan fingerprint density at radius 3 is 2.63 bits per heavy atom. The summed E-state index contributed by atoms with van der Waals surface area (Å²) < 4.78 is 0. The van der Waals surface area contributed by atoms with Gasteiger partial charge in [0, 0.05) is 19.2 Å². The van der Waals surface area contributed by atoms with Gasteiger partial charge in [-0.3, -0.25) is 0 Å². The number of aliphatic hydroxyl groups is 1. The third-order valence-electron chi connectivity index (χ3n) is 2.80. The first kappa shape index (κ1) is 16.0. The summed E-state index contributed by atoms with van der Waals surface area (Å²) in [5.41, 5.74) is 2.64. The maximum Gasteiger partial charge on any atom is 0.191 e. The minimum atomic E-state index is 0.101. The molecule has 108 valence electrons. The molecule has 0 aliphatic rings. The van der Waals surface area contributed by atoms with Gasteiger partial charge in [-0.25, -0.2) is 15.8 Å². The van der Waals surface area contributed by atoms with Crippen LogP contribution in [0.3, 0.4) is 0 Å². The third-order valence-corrected chi connectivity index (χ3v) is 3.34. The molecule has 7 heteroatoms. The van der Waals surface area contributed by atoms with Gasteiger partial charge in [-0.1, -0.05) is 25.6 Å². The van der Waals surface area contributed by atoms with Crippen molar-refractivity contribution in [2.24, 2.45) is 11.3 Å². The molecule has 0 atom stereocenters. The van der Waals surface area contributed by atoms with Crippen LogP contribution in [0.1, 0.15) is 26.7 Å². The number of anilines is 2. The average Bonchev–Trinajstić information content (AvgIpc) is 2.42. The number of rotatable bonds is 8. The summed E-state index contributed by atoms with van der Waals surface area (Å²) in [5, 5.41) is 12.9. The zero-order valence-electron chi connectivity index (χ0n) is 11.7. The monoisotopic (exact) mass is 285 g/mol. The Kier molecular flexibility index (Phi) is 6.33. The van der Waals surface area contributed by atoms with E-state index in [0.29, 0.717) is 11.0 Å². The molecular formula is C12H23N5OS. The molecule has 19 heavy (non-hydrogen) atoms. The van der Waals surface area contributed by atoms with Gasteiger partial charge in [-0.2, -0.15) is 0 Å². The Morgan fingerprint density at radius 2 is 2.05 bits per heavy atom. The lowest BCUT2D eigenvalue weighted by molar-refractivity contribution is 0.248. The number of hydrogen-bond acceptors (Lipinski definition) is 7. The molecule has 1 rings (SSSR count). The highest BCUT2D eigenvalue weighted by atomic mass is 32.2. The number of thioether (sulfide) groups is 1. The fourth-order valence-corrected chi connectivity index (χ4v) is 2.04. The van der Waals surface area contributed by atoms with E-state index in [-0.39, 0.29) is 12.0 Å². The van der Waals surface area contributed by atoms with Crippen LogP contribution in [0.15, 0.2) is 11.2 Å². The van der Waals surface area contributed by atoms with Gasteiger partial charge in [-0.05, 0) is 24.5 Å². The highest BCUT2D eigenvalue weighted by Crippen LogP contribution is 2.23. The first-order chi connectivity index (χ1) is 9.00. The number of hydrogen-bond donors (Lipinski definition) is 4. The highest BCUT2D eigenvalue weighted by Gasteiger charge is 2.17. The topological polar surface area (TPSA) is 96.1 Å². The molecule has 1 aromatic heterocycles. The lowest BCUT2D eigenvalue weighted by atomic mass is 9.88. The first-order valence-electron chi connectivity index (χ1n) is 6.25. The SMILES string of the molecule is CSc1nc(NN)cc(NCC(C)(C)CCCO)n1. The molecule has 0 radical (unpaired) electrons. The maximum atomic E-state index is 8.89. The lowest BCUT2D eigenvalue weighted by Gasteiger charge is -2.25. The second-order valence-corrected chi connectivity index (χ2v) is 5.89. The van der Waals surface area contributed by atoms with Crippen molar-refractivity contribution in [2.45, 2.75) is 31.8 Å². The Morgan fingerprint density at radius 1 is 1.37 bits per heavy atom. The molecule has 0 spiro atoms. The van der Waals surface area contributed by atoms with Crippen molar-refractivity contribution in [2.75, 3.05) is 30.1 Å². The largest absolute Gasteiger partial charge is 0.396 e. The van der Waals surface area contributed by atoms with Crippen molar-refractivity contribution in [1.82, 2.24) is 9.97 Å². The number of nitrogen functional groups attached to an aromatic ring is 1. The minimum absolute atomic E-state index is 0.101. The van der Waals surface area contributed by atoms with Crippen LogP contribution in [-0.2, 0) is 0 Å². The van der Waals surface area contributed by atoms with Crippen molar-refractivity contribution in [1.29, 1.82) is 0 Å². The maximum absolute atomic E-state index is 8.89. The van der Waals surface area contributed by atoms with Gasteiger partial charge in [-0.15, -0.1) is 0 Å². The number of nitrogens with zero attached hydrogens (tertiary/aromatic N) is 2. The molecule has 5 N–H and O–H groups in total. The van der Waals surface area contributed by atoms with Crippen LogP contribution in [0.4, 0.5) is 11.6 Å². The fraction of sp³-hybridized carbons (Fsp3) is 0.667. The Hall–Kier alpha value is -1.05. The van der Waals surface area contributed by atoms with Crippen LogP contribution in [-0.4, -0.2) is 34.5 Å². The van der Waals surface area contributed by atoms with E-state index < -0.39 is 0 Å². The molecule has 0 saturated heterocycles. The number of aromatic nitrogens is 2. The Labute approximate surface area is 118 Å². The summed E-state index contributed by atoms with van der Waals surface area (Å²) in [7, 11) is 0.